The van der Waals surface area contributed by atoms with Crippen LogP contribution in [0.2, 0.25) is 0 Å². The fourth-order valence-corrected chi connectivity index (χ4v) is 0.144. The molecule has 0 amide bonds. The van der Waals surface area contributed by atoms with E-state index in [1.54, 1.807) is 0 Å². The van der Waals surface area contributed by atoms with Crippen LogP contribution in [0, 0.1) is 6.92 Å². The van der Waals surface area contributed by atoms with Crippen LogP contribution in [-0.4, -0.2) is 23.1 Å². The van der Waals surface area contributed by atoms with Crippen molar-refractivity contribution in [2.24, 2.45) is 0 Å². The summed E-state index contributed by atoms with van der Waals surface area (Å²) in [6.07, 6.45) is 3.89. The molecule has 0 heterocycles. The second kappa shape index (κ2) is 15.8. The van der Waals surface area contributed by atoms with Crippen molar-refractivity contribution in [2.75, 3.05) is 0 Å². The van der Waals surface area contributed by atoms with Gasteiger partial charge in [0.05, 0.1) is 0 Å². The quantitative estimate of drug-likeness (QED) is 0.239. The van der Waals surface area contributed by atoms with Crippen molar-refractivity contribution >= 4 is 23.1 Å². The van der Waals surface area contributed by atoms with Gasteiger partial charge in [-0.3, -0.25) is 0 Å². The summed E-state index contributed by atoms with van der Waals surface area (Å²) in [4.78, 5) is 0. The first kappa shape index (κ1) is 15.7. The molecule has 0 saturated heterocycles. The maximum absolute atomic E-state index is 3.60. The van der Waals surface area contributed by atoms with Gasteiger partial charge >= 0.3 is 23.1 Å². The Morgan fingerprint density at radius 3 is 2.00 bits per heavy atom. The molecule has 38 valence electrons. The third-order valence-electron chi connectivity index (χ3n) is 0.408. The Bertz CT molecular complexity index is 29.3. The van der Waals surface area contributed by atoms with E-state index in [1.165, 1.54) is 0 Å². The van der Waals surface area contributed by atoms with Gasteiger partial charge in [0.15, 0.2) is 0 Å². The Labute approximate surface area is 67.9 Å². The van der Waals surface area contributed by atoms with E-state index >= 15 is 0 Å². The van der Waals surface area contributed by atoms with Gasteiger partial charge in [0.2, 0.25) is 0 Å². The van der Waals surface area contributed by atoms with Crippen LogP contribution in [0.5, 0.6) is 0 Å². The predicted octanol–water partition coefficient (Wildman–Crippen LogP) is -1.59. The summed E-state index contributed by atoms with van der Waals surface area (Å²) in [5.74, 6) is 0. The second-order valence-electron chi connectivity index (χ2n) is 0.931. The van der Waals surface area contributed by atoms with Crippen LogP contribution in [0.1, 0.15) is 12.8 Å². The van der Waals surface area contributed by atoms with Crippen molar-refractivity contribution in [1.29, 1.82) is 0 Å². The summed E-state index contributed by atoms with van der Waals surface area (Å²) < 4.78 is 0. The number of hydrogen-bond acceptors (Lipinski definition) is 0. The molecule has 0 aromatic carbocycles. The van der Waals surface area contributed by atoms with Gasteiger partial charge in [-0.2, -0.15) is 6.42 Å². The Kier molecular flexibility index (Phi) is 35.4. The van der Waals surface area contributed by atoms with E-state index in [0.717, 1.165) is 12.8 Å². The van der Waals surface area contributed by atoms with Crippen molar-refractivity contribution in [3.8, 4) is 0 Å². The number of hydrogen-bond donors (Lipinski definition) is 0. The van der Waals surface area contributed by atoms with Crippen LogP contribution in [0.15, 0.2) is 12.7 Å². The molecule has 0 saturated carbocycles. The van der Waals surface area contributed by atoms with Crippen LogP contribution in [0.25, 0.3) is 0 Å². The zero-order valence-corrected chi connectivity index (χ0v) is 6.66. The summed E-state index contributed by atoms with van der Waals surface area (Å²) in [6.45, 7) is 7.11. The van der Waals surface area contributed by atoms with Crippen LogP contribution in [0.3, 0.4) is 0 Å². The van der Waals surface area contributed by atoms with Crippen LogP contribution < -0.4 is 12.4 Å². The van der Waals surface area contributed by atoms with E-state index < -0.39 is 0 Å². The van der Waals surface area contributed by atoms with Crippen molar-refractivity contribution in [3.63, 3.8) is 0 Å². The molecule has 0 N–H and O–H groups in total. The van der Waals surface area contributed by atoms with E-state index in [2.05, 4.69) is 13.5 Å². The molecule has 0 nitrogen and oxygen atoms in total. The first-order chi connectivity index (χ1) is 2.41. The summed E-state index contributed by atoms with van der Waals surface area (Å²) >= 11 is 0. The third kappa shape index (κ3) is 20.0. The SMILES string of the molecule is C=CCC[CH2-].[Cl-].[Mg+2]. The van der Waals surface area contributed by atoms with Gasteiger partial charge in [-0.15, -0.1) is 6.58 Å². The molecule has 0 radical (unpaired) electrons. The normalized spacial score (nSPS) is 5.29. The molecular formula is C5H9ClMg. The molecule has 0 spiro atoms. The fraction of sp³-hybridized carbons (Fsp3) is 0.400. The van der Waals surface area contributed by atoms with Gasteiger partial charge < -0.3 is 19.3 Å². The number of unbranched alkanes of at least 4 members (excludes halogenated alkanes) is 1. The largest absolute Gasteiger partial charge is 2.00 e. The molecule has 0 atom stereocenters. The standard InChI is InChI=1S/C5H9.ClH.Mg/c1-3-5-4-2;;/h3H,1-2,4-5H2;1H;/q-1;;+2/p-1. The van der Waals surface area contributed by atoms with Crippen molar-refractivity contribution in [2.45, 2.75) is 12.8 Å². The van der Waals surface area contributed by atoms with Crippen LogP contribution in [-0.2, 0) is 0 Å². The molecule has 0 aromatic rings. The van der Waals surface area contributed by atoms with Gasteiger partial charge in [0.1, 0.15) is 0 Å². The molecule has 0 aromatic heterocycles. The molecule has 0 unspecified atom stereocenters. The maximum Gasteiger partial charge on any atom is 2.00 e. The van der Waals surface area contributed by atoms with Gasteiger partial charge in [-0.25, -0.2) is 0 Å². The average molecular weight is 129 g/mol. The van der Waals surface area contributed by atoms with Crippen LogP contribution >= 0.6 is 0 Å². The summed E-state index contributed by atoms with van der Waals surface area (Å²) in [6, 6.07) is 0. The molecule has 0 aliphatic carbocycles. The molecule has 7 heavy (non-hydrogen) atoms. The van der Waals surface area contributed by atoms with Crippen molar-refractivity contribution in [3.05, 3.63) is 19.6 Å². The number of allylic oxidation sites excluding steroid dienone is 1. The number of halogens is 1. The smallest absolute Gasteiger partial charge is 1.00 e. The zero-order valence-electron chi connectivity index (χ0n) is 4.49. The van der Waals surface area contributed by atoms with E-state index in [1.807, 2.05) is 6.08 Å². The minimum Gasteiger partial charge on any atom is -1.00 e. The van der Waals surface area contributed by atoms with E-state index in [9.17, 15) is 0 Å². The summed E-state index contributed by atoms with van der Waals surface area (Å²) in [7, 11) is 0. The molecule has 0 rings (SSSR count). The minimum absolute atomic E-state index is 0. The molecule has 2 heteroatoms. The Balaban J connectivity index is -0.0000000800. The second-order valence-corrected chi connectivity index (χ2v) is 0.931. The first-order valence-corrected chi connectivity index (χ1v) is 1.82. The minimum atomic E-state index is 0. The monoisotopic (exact) mass is 128 g/mol. The maximum atomic E-state index is 3.60. The van der Waals surface area contributed by atoms with Gasteiger partial charge in [0.25, 0.3) is 0 Å². The van der Waals surface area contributed by atoms with Gasteiger partial charge in [0, 0.05) is 0 Å². The topological polar surface area (TPSA) is 0 Å². The predicted molar refractivity (Wildman–Crippen MR) is 30.5 cm³/mol. The van der Waals surface area contributed by atoms with E-state index in [-0.39, 0.29) is 35.5 Å². The summed E-state index contributed by atoms with van der Waals surface area (Å²) in [5.41, 5.74) is 0. The zero-order chi connectivity index (χ0) is 4.12. The van der Waals surface area contributed by atoms with Crippen molar-refractivity contribution < 1.29 is 12.4 Å². The molecular weight excluding hydrogens is 120 g/mol. The van der Waals surface area contributed by atoms with Crippen LogP contribution in [0.4, 0.5) is 0 Å². The molecule has 0 aliphatic rings. The van der Waals surface area contributed by atoms with E-state index in [4.69, 9.17) is 0 Å². The third-order valence-corrected chi connectivity index (χ3v) is 0.408. The van der Waals surface area contributed by atoms with Crippen molar-refractivity contribution in [1.82, 2.24) is 0 Å². The number of rotatable bonds is 2. The van der Waals surface area contributed by atoms with Gasteiger partial charge in [-0.1, -0.05) is 12.5 Å². The first-order valence-electron chi connectivity index (χ1n) is 1.82. The Morgan fingerprint density at radius 1 is 1.57 bits per heavy atom. The molecule has 0 aliphatic heterocycles. The summed E-state index contributed by atoms with van der Waals surface area (Å²) in [5, 5.41) is 0. The fourth-order valence-electron chi connectivity index (χ4n) is 0.144. The average Bonchev–Trinajstić information content (AvgIpc) is 1.41. The molecule has 0 fully saturated rings. The Morgan fingerprint density at radius 2 is 2.00 bits per heavy atom. The van der Waals surface area contributed by atoms with Gasteiger partial charge in [-0.05, 0) is 0 Å². The van der Waals surface area contributed by atoms with E-state index in [0.29, 0.717) is 0 Å². The molecule has 0 bridgehead atoms. The Hall–Kier alpha value is 0.796.